The van der Waals surface area contributed by atoms with Crippen LogP contribution in [0.15, 0.2) is 10.9 Å². The fourth-order valence-electron chi connectivity index (χ4n) is 3.10. The molecule has 128 valence electrons. The highest BCUT2D eigenvalue weighted by molar-refractivity contribution is 5.37. The summed E-state index contributed by atoms with van der Waals surface area (Å²) in [6, 6.07) is 1.28. The van der Waals surface area contributed by atoms with E-state index in [2.05, 4.69) is 4.98 Å². The molecular formula is C15H21NO7. The van der Waals surface area contributed by atoms with Gasteiger partial charge in [0, 0.05) is 17.3 Å². The number of rotatable bonds is 3. The third-order valence-corrected chi connectivity index (χ3v) is 4.39. The average molecular weight is 327 g/mol. The summed E-state index contributed by atoms with van der Waals surface area (Å²) in [5, 5.41) is 38.8. The van der Waals surface area contributed by atoms with E-state index in [1.165, 1.54) is 6.07 Å². The number of aryl methyl sites for hydroxylation is 1. The summed E-state index contributed by atoms with van der Waals surface area (Å²) in [6.07, 6.45) is -3.35. The summed E-state index contributed by atoms with van der Waals surface area (Å²) < 4.78 is 10.9. The van der Waals surface area contributed by atoms with Crippen LogP contribution in [0.3, 0.4) is 0 Å². The van der Waals surface area contributed by atoms with E-state index in [4.69, 9.17) is 9.47 Å². The number of pyridine rings is 1. The van der Waals surface area contributed by atoms with Crippen molar-refractivity contribution < 1.29 is 29.9 Å². The van der Waals surface area contributed by atoms with Crippen molar-refractivity contribution in [2.45, 2.75) is 56.4 Å². The van der Waals surface area contributed by atoms with Gasteiger partial charge in [-0.3, -0.25) is 4.79 Å². The fraction of sp³-hybridized carbons (Fsp3) is 0.667. The van der Waals surface area contributed by atoms with E-state index in [1.807, 2.05) is 0 Å². The van der Waals surface area contributed by atoms with E-state index in [1.54, 1.807) is 0 Å². The first-order valence-electron chi connectivity index (χ1n) is 7.73. The van der Waals surface area contributed by atoms with Gasteiger partial charge in [0.05, 0.1) is 6.61 Å². The number of aliphatic hydroxyl groups excluding tert-OH is 4. The van der Waals surface area contributed by atoms with E-state index >= 15 is 0 Å². The fourth-order valence-corrected chi connectivity index (χ4v) is 3.10. The third-order valence-electron chi connectivity index (χ3n) is 4.39. The number of ether oxygens (including phenoxy) is 2. The second-order valence-corrected chi connectivity index (χ2v) is 5.98. The van der Waals surface area contributed by atoms with Gasteiger partial charge in [-0.1, -0.05) is 0 Å². The van der Waals surface area contributed by atoms with Gasteiger partial charge in [0.2, 0.25) is 6.29 Å². The number of hydrogen-bond acceptors (Lipinski definition) is 7. The van der Waals surface area contributed by atoms with E-state index < -0.39 is 37.3 Å². The lowest BCUT2D eigenvalue weighted by Gasteiger charge is -2.39. The largest absolute Gasteiger partial charge is 0.461 e. The maximum Gasteiger partial charge on any atom is 0.251 e. The minimum Gasteiger partial charge on any atom is -0.461 e. The van der Waals surface area contributed by atoms with Gasteiger partial charge in [-0.25, -0.2) is 0 Å². The maximum absolute atomic E-state index is 11.8. The number of aromatic amines is 1. The minimum absolute atomic E-state index is 0.299. The number of nitrogens with one attached hydrogen (secondary N) is 1. The Labute approximate surface area is 132 Å². The smallest absolute Gasteiger partial charge is 0.251 e. The van der Waals surface area contributed by atoms with Crippen LogP contribution in [0.4, 0.5) is 0 Å². The van der Waals surface area contributed by atoms with Crippen LogP contribution in [0, 0.1) is 0 Å². The van der Waals surface area contributed by atoms with E-state index in [9.17, 15) is 25.2 Å². The second kappa shape index (κ2) is 6.58. The maximum atomic E-state index is 11.8. The molecule has 8 nitrogen and oxygen atoms in total. The summed E-state index contributed by atoms with van der Waals surface area (Å²) in [5.74, 6) is 0.299. The average Bonchev–Trinajstić information content (AvgIpc) is 2.55. The molecule has 5 atom stereocenters. The molecule has 0 saturated carbocycles. The molecular weight excluding hydrogens is 306 g/mol. The van der Waals surface area contributed by atoms with Crippen molar-refractivity contribution in [3.63, 3.8) is 0 Å². The van der Waals surface area contributed by atoms with Crippen LogP contribution in [-0.2, 0) is 17.6 Å². The van der Waals surface area contributed by atoms with E-state index in [0.29, 0.717) is 5.75 Å². The molecule has 2 aliphatic rings. The summed E-state index contributed by atoms with van der Waals surface area (Å²) in [6.45, 7) is -0.529. The van der Waals surface area contributed by atoms with Crippen LogP contribution >= 0.6 is 0 Å². The predicted octanol–water partition coefficient (Wildman–Crippen LogP) is -1.57. The van der Waals surface area contributed by atoms with Crippen LogP contribution in [0.1, 0.15) is 24.1 Å². The first-order chi connectivity index (χ1) is 11.0. The Hall–Kier alpha value is -1.45. The van der Waals surface area contributed by atoms with E-state index in [0.717, 1.165) is 36.9 Å². The van der Waals surface area contributed by atoms with Gasteiger partial charge in [-0.05, 0) is 25.7 Å². The Morgan fingerprint density at radius 1 is 1.17 bits per heavy atom. The molecule has 8 heteroatoms. The molecule has 0 radical (unpaired) electrons. The molecule has 0 bridgehead atoms. The number of aliphatic hydroxyl groups is 4. The lowest BCUT2D eigenvalue weighted by Crippen LogP contribution is -2.60. The lowest BCUT2D eigenvalue weighted by atomic mass is 9.95. The van der Waals surface area contributed by atoms with Crippen molar-refractivity contribution in [1.29, 1.82) is 0 Å². The van der Waals surface area contributed by atoms with Crippen molar-refractivity contribution in [3.05, 3.63) is 27.7 Å². The van der Waals surface area contributed by atoms with Gasteiger partial charge >= 0.3 is 0 Å². The van der Waals surface area contributed by atoms with Crippen molar-refractivity contribution in [3.8, 4) is 5.75 Å². The molecule has 5 N–H and O–H groups in total. The SMILES string of the molecule is O=c1cc(O[C@@H]2OC(CO)[C@@H](O)[C@H](O)C2O)c2c([nH]1)CCCC2. The van der Waals surface area contributed by atoms with Crippen molar-refractivity contribution in [1.82, 2.24) is 4.98 Å². The number of aromatic nitrogens is 1. The molecule has 0 aromatic carbocycles. The number of H-pyrrole nitrogens is 1. The molecule has 1 aliphatic carbocycles. The molecule has 1 saturated heterocycles. The lowest BCUT2D eigenvalue weighted by molar-refractivity contribution is -0.277. The Morgan fingerprint density at radius 2 is 1.91 bits per heavy atom. The van der Waals surface area contributed by atoms with Crippen molar-refractivity contribution in [2.75, 3.05) is 6.61 Å². The summed E-state index contributed by atoms with van der Waals surface area (Å²) in [4.78, 5) is 14.5. The van der Waals surface area contributed by atoms with Crippen LogP contribution in [0.5, 0.6) is 5.75 Å². The zero-order chi connectivity index (χ0) is 16.6. The Balaban J connectivity index is 1.86. The monoisotopic (exact) mass is 327 g/mol. The van der Waals surface area contributed by atoms with Crippen LogP contribution in [0.2, 0.25) is 0 Å². The van der Waals surface area contributed by atoms with Crippen LogP contribution < -0.4 is 10.3 Å². The molecule has 3 rings (SSSR count). The van der Waals surface area contributed by atoms with Crippen LogP contribution in [-0.4, -0.2) is 62.7 Å². The summed E-state index contributed by atoms with van der Waals surface area (Å²) in [5.41, 5.74) is 1.35. The molecule has 23 heavy (non-hydrogen) atoms. The van der Waals surface area contributed by atoms with Gasteiger partial charge in [0.15, 0.2) is 0 Å². The third kappa shape index (κ3) is 3.13. The Kier molecular flexibility index (Phi) is 4.69. The molecule has 2 heterocycles. The standard InChI is InChI=1S/C15H21NO7/c17-6-10-12(19)13(20)14(21)15(23-10)22-9-5-11(18)16-8-4-2-1-3-7(8)9/h5,10,12-15,17,19-21H,1-4,6H2,(H,16,18)/t10?,12-,13+,14?,15-/m1/s1. The van der Waals surface area contributed by atoms with Gasteiger partial charge in [-0.15, -0.1) is 0 Å². The minimum atomic E-state index is -1.51. The Morgan fingerprint density at radius 3 is 2.65 bits per heavy atom. The van der Waals surface area contributed by atoms with Gasteiger partial charge in [-0.2, -0.15) is 0 Å². The molecule has 1 aliphatic heterocycles. The van der Waals surface area contributed by atoms with Gasteiger partial charge in [0.25, 0.3) is 5.56 Å². The molecule has 0 spiro atoms. The summed E-state index contributed by atoms with van der Waals surface area (Å²) >= 11 is 0. The molecule has 2 unspecified atom stereocenters. The zero-order valence-electron chi connectivity index (χ0n) is 12.5. The zero-order valence-corrected chi connectivity index (χ0v) is 12.5. The molecule has 1 aromatic rings. The van der Waals surface area contributed by atoms with E-state index in [-0.39, 0.29) is 5.56 Å². The normalized spacial score (nSPS) is 34.0. The van der Waals surface area contributed by atoms with Crippen molar-refractivity contribution in [2.24, 2.45) is 0 Å². The Bertz CT molecular complexity index is 614. The highest BCUT2D eigenvalue weighted by Crippen LogP contribution is 2.30. The van der Waals surface area contributed by atoms with Crippen LogP contribution in [0.25, 0.3) is 0 Å². The number of fused-ring (bicyclic) bond motifs is 1. The van der Waals surface area contributed by atoms with Crippen molar-refractivity contribution >= 4 is 0 Å². The van der Waals surface area contributed by atoms with Gasteiger partial charge in [0.1, 0.15) is 30.2 Å². The van der Waals surface area contributed by atoms with Gasteiger partial charge < -0.3 is 34.9 Å². The topological polar surface area (TPSA) is 132 Å². The number of hydrogen-bond donors (Lipinski definition) is 5. The predicted molar refractivity (Wildman–Crippen MR) is 78.1 cm³/mol. The first-order valence-corrected chi connectivity index (χ1v) is 7.73. The highest BCUT2D eigenvalue weighted by atomic mass is 16.7. The highest BCUT2D eigenvalue weighted by Gasteiger charge is 2.45. The summed E-state index contributed by atoms with van der Waals surface area (Å²) in [7, 11) is 0. The molecule has 1 fully saturated rings. The molecule has 0 amide bonds. The second-order valence-electron chi connectivity index (χ2n) is 5.98. The quantitative estimate of drug-likeness (QED) is 0.453. The first kappa shape index (κ1) is 16.4. The molecule has 1 aromatic heterocycles.